The summed E-state index contributed by atoms with van der Waals surface area (Å²) in [4.78, 5) is 10.4. The van der Waals surface area contributed by atoms with Gasteiger partial charge in [-0.2, -0.15) is 0 Å². The van der Waals surface area contributed by atoms with Crippen molar-refractivity contribution in [3.05, 3.63) is 69.8 Å². The van der Waals surface area contributed by atoms with E-state index in [9.17, 15) is 10.1 Å². The number of para-hydroxylation sites is 1. The van der Waals surface area contributed by atoms with Crippen molar-refractivity contribution >= 4 is 5.69 Å². The third-order valence-electron chi connectivity index (χ3n) is 2.57. The Kier molecular flexibility index (Phi) is 6.23. The van der Waals surface area contributed by atoms with Gasteiger partial charge in [0, 0.05) is 6.07 Å². The van der Waals surface area contributed by atoms with Gasteiger partial charge in [0.2, 0.25) is 0 Å². The minimum Gasteiger partial charge on any atom is -0.489 e. The SMILES string of the molecule is CC.Cc1cccc(OCc2ccccc2[N+](=O)[O-])c1. The largest absolute Gasteiger partial charge is 0.489 e. The van der Waals surface area contributed by atoms with E-state index in [2.05, 4.69) is 0 Å². The molecule has 4 heteroatoms. The molecule has 0 atom stereocenters. The molecular weight excluding hydrogens is 254 g/mol. The van der Waals surface area contributed by atoms with Crippen LogP contribution in [0.3, 0.4) is 0 Å². The summed E-state index contributed by atoms with van der Waals surface area (Å²) in [6, 6.07) is 14.2. The zero-order valence-corrected chi connectivity index (χ0v) is 12.0. The Morgan fingerprint density at radius 3 is 2.45 bits per heavy atom. The summed E-state index contributed by atoms with van der Waals surface area (Å²) in [5, 5.41) is 10.8. The highest BCUT2D eigenvalue weighted by Crippen LogP contribution is 2.20. The first-order chi connectivity index (χ1) is 9.66. The summed E-state index contributed by atoms with van der Waals surface area (Å²) in [5.41, 5.74) is 1.75. The molecular formula is C16H19NO3. The van der Waals surface area contributed by atoms with E-state index in [1.807, 2.05) is 45.0 Å². The van der Waals surface area contributed by atoms with E-state index in [4.69, 9.17) is 4.74 Å². The van der Waals surface area contributed by atoms with E-state index in [0.717, 1.165) is 5.56 Å². The molecule has 0 amide bonds. The predicted molar refractivity (Wildman–Crippen MR) is 80.0 cm³/mol. The average molecular weight is 273 g/mol. The maximum atomic E-state index is 10.8. The molecule has 4 nitrogen and oxygen atoms in total. The van der Waals surface area contributed by atoms with Gasteiger partial charge < -0.3 is 4.74 Å². The van der Waals surface area contributed by atoms with Crippen molar-refractivity contribution in [2.75, 3.05) is 0 Å². The summed E-state index contributed by atoms with van der Waals surface area (Å²) in [5.74, 6) is 0.716. The molecule has 0 bridgehead atoms. The zero-order chi connectivity index (χ0) is 15.0. The average Bonchev–Trinajstić information content (AvgIpc) is 2.47. The maximum Gasteiger partial charge on any atom is 0.276 e. The van der Waals surface area contributed by atoms with Gasteiger partial charge in [-0.25, -0.2) is 0 Å². The molecule has 20 heavy (non-hydrogen) atoms. The van der Waals surface area contributed by atoms with Crippen molar-refractivity contribution in [3.8, 4) is 5.75 Å². The van der Waals surface area contributed by atoms with Crippen LogP contribution in [0.15, 0.2) is 48.5 Å². The third kappa shape index (κ3) is 4.39. The number of hydrogen-bond acceptors (Lipinski definition) is 3. The van der Waals surface area contributed by atoms with Gasteiger partial charge >= 0.3 is 0 Å². The van der Waals surface area contributed by atoms with Gasteiger partial charge in [-0.3, -0.25) is 10.1 Å². The Hall–Kier alpha value is -2.36. The van der Waals surface area contributed by atoms with Crippen LogP contribution in [0.4, 0.5) is 5.69 Å². The lowest BCUT2D eigenvalue weighted by molar-refractivity contribution is -0.385. The molecule has 2 aromatic carbocycles. The fourth-order valence-corrected chi connectivity index (χ4v) is 1.68. The predicted octanol–water partition coefficient (Wildman–Crippen LogP) is 4.51. The van der Waals surface area contributed by atoms with E-state index < -0.39 is 4.92 Å². The molecule has 2 rings (SSSR count). The smallest absolute Gasteiger partial charge is 0.276 e. The minimum absolute atomic E-state index is 0.0881. The number of aryl methyl sites for hydroxylation is 1. The van der Waals surface area contributed by atoms with E-state index in [1.54, 1.807) is 18.2 Å². The van der Waals surface area contributed by atoms with E-state index >= 15 is 0 Å². The second-order valence-corrected chi connectivity index (χ2v) is 3.99. The van der Waals surface area contributed by atoms with Crippen molar-refractivity contribution in [2.24, 2.45) is 0 Å². The van der Waals surface area contributed by atoms with Crippen LogP contribution in [-0.4, -0.2) is 4.92 Å². The highest BCUT2D eigenvalue weighted by molar-refractivity contribution is 5.39. The van der Waals surface area contributed by atoms with Gasteiger partial charge in [0.1, 0.15) is 12.4 Å². The van der Waals surface area contributed by atoms with Crippen LogP contribution in [0.5, 0.6) is 5.75 Å². The van der Waals surface area contributed by atoms with E-state index in [0.29, 0.717) is 11.3 Å². The van der Waals surface area contributed by atoms with Crippen LogP contribution >= 0.6 is 0 Å². The van der Waals surface area contributed by atoms with Gasteiger partial charge in [-0.15, -0.1) is 0 Å². The molecule has 0 spiro atoms. The van der Waals surface area contributed by atoms with Gasteiger partial charge in [0.25, 0.3) is 5.69 Å². The molecule has 2 aromatic rings. The number of nitro groups is 1. The lowest BCUT2D eigenvalue weighted by Gasteiger charge is -2.07. The van der Waals surface area contributed by atoms with Gasteiger partial charge in [0.15, 0.2) is 0 Å². The second-order valence-electron chi connectivity index (χ2n) is 3.99. The van der Waals surface area contributed by atoms with Crippen LogP contribution in [0, 0.1) is 17.0 Å². The summed E-state index contributed by atoms with van der Waals surface area (Å²) >= 11 is 0. The van der Waals surface area contributed by atoms with Crippen molar-refractivity contribution in [2.45, 2.75) is 27.4 Å². The number of ether oxygens (including phenoxy) is 1. The van der Waals surface area contributed by atoms with Crippen molar-refractivity contribution in [1.29, 1.82) is 0 Å². The Balaban J connectivity index is 0.000000956. The molecule has 0 radical (unpaired) electrons. The van der Waals surface area contributed by atoms with Crippen molar-refractivity contribution < 1.29 is 9.66 Å². The molecule has 0 heterocycles. The Morgan fingerprint density at radius 2 is 1.80 bits per heavy atom. The molecule has 0 saturated heterocycles. The molecule has 0 aliphatic heterocycles. The van der Waals surface area contributed by atoms with Gasteiger partial charge in [0.05, 0.1) is 10.5 Å². The lowest BCUT2D eigenvalue weighted by Crippen LogP contribution is -2.00. The first-order valence-corrected chi connectivity index (χ1v) is 6.58. The summed E-state index contributed by atoms with van der Waals surface area (Å²) in [6.07, 6.45) is 0. The van der Waals surface area contributed by atoms with Crippen molar-refractivity contribution in [3.63, 3.8) is 0 Å². The van der Waals surface area contributed by atoms with Gasteiger partial charge in [-0.1, -0.05) is 38.1 Å². The monoisotopic (exact) mass is 273 g/mol. The fourth-order valence-electron chi connectivity index (χ4n) is 1.68. The topological polar surface area (TPSA) is 52.4 Å². The normalized spacial score (nSPS) is 9.35. The van der Waals surface area contributed by atoms with Gasteiger partial charge in [-0.05, 0) is 30.7 Å². The third-order valence-corrected chi connectivity index (χ3v) is 2.57. The highest BCUT2D eigenvalue weighted by Gasteiger charge is 2.12. The van der Waals surface area contributed by atoms with Crippen molar-refractivity contribution in [1.82, 2.24) is 0 Å². The van der Waals surface area contributed by atoms with Crippen LogP contribution in [0.1, 0.15) is 25.0 Å². The molecule has 0 unspecified atom stereocenters. The Labute approximate surface area is 119 Å². The van der Waals surface area contributed by atoms with Crippen LogP contribution in [0.25, 0.3) is 0 Å². The Bertz CT molecular complexity index is 567. The number of hydrogen-bond donors (Lipinski definition) is 0. The molecule has 106 valence electrons. The standard InChI is InChI=1S/C14H13NO3.C2H6/c1-11-5-4-7-13(9-11)18-10-12-6-2-3-8-14(12)15(16)17;1-2/h2-9H,10H2,1H3;1-2H3. The first kappa shape index (κ1) is 15.7. The lowest BCUT2D eigenvalue weighted by atomic mass is 10.2. The number of nitrogens with zero attached hydrogens (tertiary/aromatic N) is 1. The number of benzene rings is 2. The fraction of sp³-hybridized carbons (Fsp3) is 0.250. The highest BCUT2D eigenvalue weighted by atomic mass is 16.6. The van der Waals surface area contributed by atoms with Crippen LogP contribution in [0.2, 0.25) is 0 Å². The molecule has 0 aliphatic carbocycles. The quantitative estimate of drug-likeness (QED) is 0.608. The first-order valence-electron chi connectivity index (χ1n) is 6.58. The number of rotatable bonds is 4. The summed E-state index contributed by atoms with van der Waals surface area (Å²) in [6.45, 7) is 6.17. The second kappa shape index (κ2) is 7.94. The van der Waals surface area contributed by atoms with E-state index in [1.165, 1.54) is 6.07 Å². The zero-order valence-electron chi connectivity index (χ0n) is 12.0. The minimum atomic E-state index is -0.394. The summed E-state index contributed by atoms with van der Waals surface area (Å²) < 4.78 is 5.56. The summed E-state index contributed by atoms with van der Waals surface area (Å²) in [7, 11) is 0. The molecule has 0 fully saturated rings. The molecule has 0 N–H and O–H groups in total. The maximum absolute atomic E-state index is 10.8. The van der Waals surface area contributed by atoms with Crippen LogP contribution < -0.4 is 4.74 Å². The molecule has 0 aromatic heterocycles. The van der Waals surface area contributed by atoms with E-state index in [-0.39, 0.29) is 12.3 Å². The molecule has 0 saturated carbocycles. The number of nitro benzene ring substituents is 1. The molecule has 0 aliphatic rings. The Morgan fingerprint density at radius 1 is 1.10 bits per heavy atom. The van der Waals surface area contributed by atoms with Crippen LogP contribution in [-0.2, 0) is 6.61 Å².